The third-order valence-corrected chi connectivity index (χ3v) is 6.32. The Kier molecular flexibility index (Phi) is 5.68. The van der Waals surface area contributed by atoms with Gasteiger partial charge in [-0.1, -0.05) is 18.2 Å². The zero-order valence-electron chi connectivity index (χ0n) is 18.3. The summed E-state index contributed by atoms with van der Waals surface area (Å²) in [6.07, 6.45) is -0.934. The Morgan fingerprint density at radius 3 is 2.62 bits per heavy atom. The van der Waals surface area contributed by atoms with Gasteiger partial charge >= 0.3 is 6.09 Å². The van der Waals surface area contributed by atoms with E-state index in [-0.39, 0.29) is 6.09 Å². The lowest BCUT2D eigenvalue weighted by Crippen LogP contribution is -2.47. The van der Waals surface area contributed by atoms with Gasteiger partial charge in [-0.15, -0.1) is 0 Å². The van der Waals surface area contributed by atoms with Crippen LogP contribution in [-0.4, -0.2) is 67.0 Å². The van der Waals surface area contributed by atoms with Gasteiger partial charge in [0.25, 0.3) is 0 Å². The second-order valence-electron chi connectivity index (χ2n) is 8.46. The van der Waals surface area contributed by atoms with Crippen LogP contribution >= 0.6 is 0 Å². The summed E-state index contributed by atoms with van der Waals surface area (Å²) in [7, 11) is 0. The number of carbonyl (C=O) groups is 1. The highest BCUT2D eigenvalue weighted by atomic mass is 16.6. The predicted octanol–water partition coefficient (Wildman–Crippen LogP) is 3.36. The van der Waals surface area contributed by atoms with E-state index in [4.69, 9.17) is 4.74 Å². The maximum atomic E-state index is 11.8. The average Bonchev–Trinajstić information content (AvgIpc) is 3.25. The standard InChI is InChI=1S/C25H28N4O3/c1-18-8-9-21-22(26-18)6-3-7-23(21)28-12-10-27(11-13-28)17-24(30)19-4-2-5-20(16-19)29-14-15-32-25(29)31/h2-9,16,24,30H,10-15,17H2,1H3. The van der Waals surface area contributed by atoms with E-state index in [2.05, 4.69) is 45.1 Å². The number of pyridine rings is 1. The van der Waals surface area contributed by atoms with E-state index in [1.807, 2.05) is 31.2 Å². The van der Waals surface area contributed by atoms with Gasteiger partial charge in [-0.2, -0.15) is 0 Å². The maximum absolute atomic E-state index is 11.8. The average molecular weight is 433 g/mol. The first-order chi connectivity index (χ1) is 15.6. The van der Waals surface area contributed by atoms with Crippen molar-refractivity contribution in [1.82, 2.24) is 9.88 Å². The molecule has 0 aliphatic carbocycles. The topological polar surface area (TPSA) is 69.1 Å². The van der Waals surface area contributed by atoms with Crippen LogP contribution in [0.25, 0.3) is 10.9 Å². The van der Waals surface area contributed by atoms with Crippen LogP contribution in [0.3, 0.4) is 0 Å². The molecule has 0 spiro atoms. The quantitative estimate of drug-likeness (QED) is 0.667. The summed E-state index contributed by atoms with van der Waals surface area (Å²) in [4.78, 5) is 22.8. The largest absolute Gasteiger partial charge is 0.447 e. The van der Waals surface area contributed by atoms with Crippen molar-refractivity contribution in [2.24, 2.45) is 0 Å². The number of nitrogens with zero attached hydrogens (tertiary/aromatic N) is 4. The number of β-amino-alcohol motifs (C(OH)–C–C–N with tert-alkyl or cyclic N) is 1. The van der Waals surface area contributed by atoms with Crippen molar-refractivity contribution in [3.05, 3.63) is 65.9 Å². The molecule has 2 saturated heterocycles. The van der Waals surface area contributed by atoms with Crippen molar-refractivity contribution in [2.75, 3.05) is 55.7 Å². The van der Waals surface area contributed by atoms with E-state index in [0.717, 1.165) is 48.6 Å². The van der Waals surface area contributed by atoms with E-state index in [9.17, 15) is 9.90 Å². The molecule has 7 nitrogen and oxygen atoms in total. The van der Waals surface area contributed by atoms with Gasteiger partial charge in [-0.3, -0.25) is 14.8 Å². The summed E-state index contributed by atoms with van der Waals surface area (Å²) < 4.78 is 5.03. The second kappa shape index (κ2) is 8.76. The number of cyclic esters (lactones) is 1. The predicted molar refractivity (Wildman–Crippen MR) is 125 cm³/mol. The number of carbonyl (C=O) groups excluding carboxylic acids is 1. The normalized spacial score (nSPS) is 18.2. The van der Waals surface area contributed by atoms with Crippen LogP contribution in [0.1, 0.15) is 17.4 Å². The molecule has 0 radical (unpaired) electrons. The Morgan fingerprint density at radius 2 is 1.84 bits per heavy atom. The number of fused-ring (bicyclic) bond motifs is 1. The van der Waals surface area contributed by atoms with Crippen LogP contribution in [0.5, 0.6) is 0 Å². The zero-order chi connectivity index (χ0) is 22.1. The van der Waals surface area contributed by atoms with Gasteiger partial charge in [0.2, 0.25) is 0 Å². The lowest BCUT2D eigenvalue weighted by molar-refractivity contribution is 0.109. The lowest BCUT2D eigenvalue weighted by Gasteiger charge is -2.37. The summed E-state index contributed by atoms with van der Waals surface area (Å²) in [6.45, 7) is 7.10. The third-order valence-electron chi connectivity index (χ3n) is 6.32. The first-order valence-electron chi connectivity index (χ1n) is 11.1. The highest BCUT2D eigenvalue weighted by Crippen LogP contribution is 2.28. The van der Waals surface area contributed by atoms with Crippen molar-refractivity contribution < 1.29 is 14.6 Å². The second-order valence-corrected chi connectivity index (χ2v) is 8.46. The molecule has 7 heteroatoms. The van der Waals surface area contributed by atoms with Crippen molar-refractivity contribution >= 4 is 28.4 Å². The molecule has 166 valence electrons. The van der Waals surface area contributed by atoms with Crippen molar-refractivity contribution in [3.63, 3.8) is 0 Å². The van der Waals surface area contributed by atoms with Crippen LogP contribution in [0.2, 0.25) is 0 Å². The fraction of sp³-hybridized carbons (Fsp3) is 0.360. The van der Waals surface area contributed by atoms with Crippen LogP contribution < -0.4 is 9.80 Å². The molecule has 1 unspecified atom stereocenters. The summed E-state index contributed by atoms with van der Waals surface area (Å²) in [5, 5.41) is 12.0. The number of piperazine rings is 1. The molecule has 2 aromatic carbocycles. The van der Waals surface area contributed by atoms with Crippen molar-refractivity contribution in [2.45, 2.75) is 13.0 Å². The Morgan fingerprint density at radius 1 is 1.03 bits per heavy atom. The molecule has 5 rings (SSSR count). The summed E-state index contributed by atoms with van der Waals surface area (Å²) in [5.74, 6) is 0. The zero-order valence-corrected chi connectivity index (χ0v) is 18.3. The molecular weight excluding hydrogens is 404 g/mol. The molecule has 1 atom stereocenters. The van der Waals surface area contributed by atoms with Gasteiger partial charge in [0.15, 0.2) is 0 Å². The molecule has 2 aliphatic rings. The minimum atomic E-state index is -0.607. The Hall–Kier alpha value is -3.16. The molecule has 2 aliphatic heterocycles. The molecule has 1 N–H and O–H groups in total. The molecule has 0 saturated carbocycles. The number of rotatable bonds is 5. The van der Waals surface area contributed by atoms with E-state index >= 15 is 0 Å². The summed E-state index contributed by atoms with van der Waals surface area (Å²) in [5.41, 5.74) is 4.87. The number of aliphatic hydroxyl groups is 1. The van der Waals surface area contributed by atoms with E-state index in [1.54, 1.807) is 4.90 Å². The molecule has 0 bridgehead atoms. The Labute approximate surface area is 187 Å². The number of amides is 1. The monoisotopic (exact) mass is 432 g/mol. The maximum Gasteiger partial charge on any atom is 0.414 e. The fourth-order valence-electron chi connectivity index (χ4n) is 4.57. The smallest absolute Gasteiger partial charge is 0.414 e. The fourth-order valence-corrected chi connectivity index (χ4v) is 4.57. The van der Waals surface area contributed by atoms with Gasteiger partial charge in [-0.25, -0.2) is 4.79 Å². The minimum absolute atomic E-state index is 0.327. The van der Waals surface area contributed by atoms with E-state index < -0.39 is 6.10 Å². The molecule has 1 aromatic heterocycles. The Bertz CT molecular complexity index is 1130. The van der Waals surface area contributed by atoms with Crippen LogP contribution in [0, 0.1) is 6.92 Å². The van der Waals surface area contributed by atoms with E-state index in [1.165, 1.54) is 11.1 Å². The SMILES string of the molecule is Cc1ccc2c(N3CCN(CC(O)c4cccc(N5CCOC5=O)c4)CC3)cccc2n1. The molecular formula is C25H28N4O3. The first-order valence-corrected chi connectivity index (χ1v) is 11.1. The number of ether oxygens (including phenoxy) is 1. The highest BCUT2D eigenvalue weighted by molar-refractivity contribution is 5.92. The van der Waals surface area contributed by atoms with E-state index in [0.29, 0.717) is 19.7 Å². The molecule has 2 fully saturated rings. The van der Waals surface area contributed by atoms with Gasteiger partial charge in [-0.05, 0) is 48.9 Å². The molecule has 1 amide bonds. The van der Waals surface area contributed by atoms with Crippen molar-refractivity contribution in [1.29, 1.82) is 0 Å². The minimum Gasteiger partial charge on any atom is -0.447 e. The summed E-state index contributed by atoms with van der Waals surface area (Å²) in [6, 6.07) is 18.1. The molecule has 32 heavy (non-hydrogen) atoms. The third kappa shape index (κ3) is 4.13. The number of hydrogen-bond donors (Lipinski definition) is 1. The van der Waals surface area contributed by atoms with Gasteiger partial charge in [0.05, 0.1) is 18.2 Å². The van der Waals surface area contributed by atoms with Crippen LogP contribution in [-0.2, 0) is 4.74 Å². The highest BCUT2D eigenvalue weighted by Gasteiger charge is 2.25. The lowest BCUT2D eigenvalue weighted by atomic mass is 10.1. The van der Waals surface area contributed by atoms with Gasteiger partial charge < -0.3 is 14.7 Å². The number of aromatic nitrogens is 1. The number of benzene rings is 2. The van der Waals surface area contributed by atoms with Crippen LogP contribution in [0.4, 0.5) is 16.2 Å². The number of anilines is 2. The van der Waals surface area contributed by atoms with Crippen molar-refractivity contribution in [3.8, 4) is 0 Å². The summed E-state index contributed by atoms with van der Waals surface area (Å²) >= 11 is 0. The van der Waals surface area contributed by atoms with Gasteiger partial charge in [0.1, 0.15) is 6.61 Å². The number of aliphatic hydroxyl groups excluding tert-OH is 1. The molecule has 3 heterocycles. The number of hydrogen-bond acceptors (Lipinski definition) is 6. The van der Waals surface area contributed by atoms with Crippen LogP contribution in [0.15, 0.2) is 54.6 Å². The first kappa shape index (κ1) is 20.7. The molecule has 3 aromatic rings. The number of aryl methyl sites for hydroxylation is 1. The van der Waals surface area contributed by atoms with Gasteiger partial charge in [0, 0.05) is 55.2 Å². The Balaban J connectivity index is 1.23.